The van der Waals surface area contributed by atoms with E-state index in [0.29, 0.717) is 5.92 Å². The summed E-state index contributed by atoms with van der Waals surface area (Å²) in [5.74, 6) is 1.35. The molecule has 1 aromatic carbocycles. The number of aryl methyl sites for hydroxylation is 1. The van der Waals surface area contributed by atoms with Gasteiger partial charge in [-0.25, -0.2) is 4.98 Å². The predicted molar refractivity (Wildman–Crippen MR) is 129 cm³/mol. The van der Waals surface area contributed by atoms with Crippen LogP contribution in [-0.4, -0.2) is 36.6 Å². The van der Waals surface area contributed by atoms with Crippen LogP contribution in [0.3, 0.4) is 0 Å². The van der Waals surface area contributed by atoms with E-state index in [2.05, 4.69) is 72.9 Å². The number of benzene rings is 1. The van der Waals surface area contributed by atoms with Gasteiger partial charge in [0.1, 0.15) is 0 Å². The molecule has 5 nitrogen and oxygen atoms in total. The van der Waals surface area contributed by atoms with E-state index in [1.54, 1.807) is 11.3 Å². The standard InChI is InChI=1S/C20H31N5S.HI/c1-5-21-20(22-12-11-19-23-13-16(4)26-19)24-14-18(15(2)3)25-17-9-7-6-8-10-17;/h6-10,13,15,18,25H,5,11-12,14H2,1-4H3,(H2,21,22,24);1H. The number of nitrogens with one attached hydrogen (secondary N) is 3. The quantitative estimate of drug-likeness (QED) is 0.273. The van der Waals surface area contributed by atoms with Crippen molar-refractivity contribution in [2.45, 2.75) is 40.2 Å². The van der Waals surface area contributed by atoms with Crippen LogP contribution < -0.4 is 16.0 Å². The molecule has 1 atom stereocenters. The molecule has 1 aromatic heterocycles. The molecule has 0 amide bonds. The Balaban J connectivity index is 0.00000364. The molecule has 2 aromatic rings. The first-order valence-electron chi connectivity index (χ1n) is 9.33. The van der Waals surface area contributed by atoms with Crippen LogP contribution in [0.1, 0.15) is 30.7 Å². The number of nitrogens with zero attached hydrogens (tertiary/aromatic N) is 2. The average molecular weight is 501 g/mol. The van der Waals surface area contributed by atoms with Crippen molar-refractivity contribution in [3.63, 3.8) is 0 Å². The summed E-state index contributed by atoms with van der Waals surface area (Å²) >= 11 is 1.75. The van der Waals surface area contributed by atoms with Crippen LogP contribution in [0.15, 0.2) is 41.5 Å². The van der Waals surface area contributed by atoms with E-state index >= 15 is 0 Å². The number of rotatable bonds is 9. The van der Waals surface area contributed by atoms with Gasteiger partial charge in [0, 0.05) is 42.3 Å². The van der Waals surface area contributed by atoms with Gasteiger partial charge in [0.05, 0.1) is 11.6 Å². The first-order valence-corrected chi connectivity index (χ1v) is 10.1. The number of aliphatic imine (C=N–C) groups is 1. The van der Waals surface area contributed by atoms with Gasteiger partial charge in [-0.2, -0.15) is 0 Å². The highest BCUT2D eigenvalue weighted by atomic mass is 127. The summed E-state index contributed by atoms with van der Waals surface area (Å²) in [5.41, 5.74) is 1.14. The second-order valence-electron chi connectivity index (χ2n) is 6.62. The lowest BCUT2D eigenvalue weighted by molar-refractivity contribution is 0.530. The monoisotopic (exact) mass is 501 g/mol. The number of hydrogen-bond acceptors (Lipinski definition) is 4. The Morgan fingerprint density at radius 2 is 1.93 bits per heavy atom. The van der Waals surface area contributed by atoms with Gasteiger partial charge < -0.3 is 16.0 Å². The van der Waals surface area contributed by atoms with E-state index in [1.165, 1.54) is 4.88 Å². The Hall–Kier alpha value is -1.35. The highest BCUT2D eigenvalue weighted by Gasteiger charge is 2.13. The van der Waals surface area contributed by atoms with Gasteiger partial charge in [-0.05, 0) is 31.9 Å². The maximum absolute atomic E-state index is 4.78. The minimum absolute atomic E-state index is 0. The molecule has 0 aliphatic rings. The molecule has 0 bridgehead atoms. The van der Waals surface area contributed by atoms with Crippen LogP contribution in [-0.2, 0) is 6.42 Å². The molecule has 1 unspecified atom stereocenters. The van der Waals surface area contributed by atoms with Gasteiger partial charge in [-0.1, -0.05) is 32.0 Å². The van der Waals surface area contributed by atoms with Crippen molar-refractivity contribution in [2.75, 3.05) is 25.0 Å². The van der Waals surface area contributed by atoms with Gasteiger partial charge >= 0.3 is 0 Å². The van der Waals surface area contributed by atoms with E-state index in [4.69, 9.17) is 4.99 Å². The second-order valence-corrected chi connectivity index (χ2v) is 7.94. The fourth-order valence-electron chi connectivity index (χ4n) is 2.51. The highest BCUT2D eigenvalue weighted by molar-refractivity contribution is 14.0. The van der Waals surface area contributed by atoms with E-state index in [-0.39, 0.29) is 30.0 Å². The zero-order valence-corrected chi connectivity index (χ0v) is 19.8. The summed E-state index contributed by atoms with van der Waals surface area (Å²) in [7, 11) is 0. The summed E-state index contributed by atoms with van der Waals surface area (Å²) in [6.07, 6.45) is 2.85. The molecule has 3 N–H and O–H groups in total. The van der Waals surface area contributed by atoms with E-state index in [9.17, 15) is 0 Å². The third-order valence-corrected chi connectivity index (χ3v) is 4.99. The fraction of sp³-hybridized carbons (Fsp3) is 0.500. The van der Waals surface area contributed by atoms with E-state index < -0.39 is 0 Å². The minimum Gasteiger partial charge on any atom is -0.380 e. The lowest BCUT2D eigenvalue weighted by Gasteiger charge is -2.22. The van der Waals surface area contributed by atoms with Gasteiger partial charge in [-0.3, -0.25) is 4.99 Å². The Labute approximate surface area is 184 Å². The number of anilines is 1. The molecule has 0 saturated carbocycles. The highest BCUT2D eigenvalue weighted by Crippen LogP contribution is 2.13. The average Bonchev–Trinajstić information content (AvgIpc) is 3.04. The van der Waals surface area contributed by atoms with Crippen LogP contribution in [0.4, 0.5) is 5.69 Å². The first kappa shape index (κ1) is 23.7. The fourth-order valence-corrected chi connectivity index (χ4v) is 3.29. The van der Waals surface area contributed by atoms with Crippen molar-refractivity contribution < 1.29 is 0 Å². The Morgan fingerprint density at radius 3 is 2.52 bits per heavy atom. The maximum Gasteiger partial charge on any atom is 0.191 e. The molecule has 0 radical (unpaired) electrons. The topological polar surface area (TPSA) is 61.3 Å². The summed E-state index contributed by atoms with van der Waals surface area (Å²) < 4.78 is 0. The zero-order valence-electron chi connectivity index (χ0n) is 16.7. The van der Waals surface area contributed by atoms with Crippen molar-refractivity contribution in [3.05, 3.63) is 46.4 Å². The molecule has 0 fully saturated rings. The molecule has 2 rings (SSSR count). The third-order valence-electron chi connectivity index (χ3n) is 4.02. The largest absolute Gasteiger partial charge is 0.380 e. The molecule has 0 saturated heterocycles. The van der Waals surface area contributed by atoms with E-state index in [1.807, 2.05) is 12.3 Å². The molecule has 150 valence electrons. The van der Waals surface area contributed by atoms with Crippen molar-refractivity contribution in [1.82, 2.24) is 15.6 Å². The second kappa shape index (κ2) is 12.9. The van der Waals surface area contributed by atoms with Gasteiger partial charge in [0.2, 0.25) is 0 Å². The molecule has 0 spiro atoms. The third kappa shape index (κ3) is 8.92. The minimum atomic E-state index is 0. The number of halogens is 1. The number of guanidine groups is 1. The van der Waals surface area contributed by atoms with Crippen LogP contribution in [0.25, 0.3) is 0 Å². The normalized spacial score (nSPS) is 12.4. The van der Waals surface area contributed by atoms with Crippen molar-refractivity contribution in [1.29, 1.82) is 0 Å². The van der Waals surface area contributed by atoms with Crippen molar-refractivity contribution in [2.24, 2.45) is 10.9 Å². The van der Waals surface area contributed by atoms with Crippen LogP contribution >= 0.6 is 35.3 Å². The van der Waals surface area contributed by atoms with Crippen LogP contribution in [0.2, 0.25) is 0 Å². The Morgan fingerprint density at radius 1 is 1.19 bits per heavy atom. The first-order chi connectivity index (χ1) is 12.6. The Bertz CT molecular complexity index is 672. The number of hydrogen-bond donors (Lipinski definition) is 3. The summed E-state index contributed by atoms with van der Waals surface area (Å²) in [5, 5.41) is 11.5. The number of aromatic nitrogens is 1. The molecule has 7 heteroatoms. The molecule has 0 aliphatic heterocycles. The molecule has 0 aliphatic carbocycles. The lowest BCUT2D eigenvalue weighted by atomic mass is 10.0. The smallest absolute Gasteiger partial charge is 0.191 e. The van der Waals surface area contributed by atoms with Crippen LogP contribution in [0.5, 0.6) is 0 Å². The van der Waals surface area contributed by atoms with Gasteiger partial charge in [0.15, 0.2) is 5.96 Å². The molecule has 1 heterocycles. The van der Waals surface area contributed by atoms with Gasteiger partial charge in [-0.15, -0.1) is 35.3 Å². The van der Waals surface area contributed by atoms with Crippen LogP contribution in [0, 0.1) is 12.8 Å². The predicted octanol–water partition coefficient (Wildman–Crippen LogP) is 4.30. The lowest BCUT2D eigenvalue weighted by Crippen LogP contribution is -2.40. The molecule has 27 heavy (non-hydrogen) atoms. The summed E-state index contributed by atoms with van der Waals surface area (Å²) in [6, 6.07) is 10.6. The zero-order chi connectivity index (χ0) is 18.8. The van der Waals surface area contributed by atoms with Gasteiger partial charge in [0.25, 0.3) is 0 Å². The van der Waals surface area contributed by atoms with E-state index in [0.717, 1.165) is 42.7 Å². The molecular weight excluding hydrogens is 469 g/mol. The number of thiazole rings is 1. The number of para-hydroxylation sites is 1. The van der Waals surface area contributed by atoms with Crippen molar-refractivity contribution in [3.8, 4) is 0 Å². The summed E-state index contributed by atoms with van der Waals surface area (Å²) in [6.45, 7) is 11.0. The SMILES string of the molecule is CCNC(=NCC(Nc1ccccc1)C(C)C)NCCc1ncc(C)s1.I. The molecular formula is C20H32IN5S. The van der Waals surface area contributed by atoms with Crippen molar-refractivity contribution >= 4 is 47.0 Å². The Kier molecular flexibility index (Phi) is 11.3. The maximum atomic E-state index is 4.78. The summed E-state index contributed by atoms with van der Waals surface area (Å²) in [4.78, 5) is 10.5.